The number of nitrogens with zero attached hydrogens (tertiary/aromatic N) is 1. The van der Waals surface area contributed by atoms with Gasteiger partial charge >= 0.3 is 0 Å². The summed E-state index contributed by atoms with van der Waals surface area (Å²) in [5.74, 6) is 1.66. The van der Waals surface area contributed by atoms with Gasteiger partial charge in [0.2, 0.25) is 6.79 Å². The Morgan fingerprint density at radius 3 is 2.75 bits per heavy atom. The first kappa shape index (κ1) is 11.4. The fourth-order valence-electron chi connectivity index (χ4n) is 2.85. The van der Waals surface area contributed by atoms with Crippen LogP contribution in [0.3, 0.4) is 0 Å². The van der Waals surface area contributed by atoms with Gasteiger partial charge in [-0.25, -0.2) is 0 Å². The minimum absolute atomic E-state index is 0.315. The largest absolute Gasteiger partial charge is 0.454 e. The van der Waals surface area contributed by atoms with E-state index in [9.17, 15) is 0 Å². The van der Waals surface area contributed by atoms with E-state index in [0.717, 1.165) is 23.6 Å². The van der Waals surface area contributed by atoms with E-state index in [1.165, 1.54) is 16.6 Å². The molecule has 2 aromatic carbocycles. The van der Waals surface area contributed by atoms with Gasteiger partial charge in [0.25, 0.3) is 0 Å². The summed E-state index contributed by atoms with van der Waals surface area (Å²) in [6.45, 7) is 3.43. The molecule has 4 rings (SSSR count). The lowest BCUT2D eigenvalue weighted by atomic mass is 10.1. The molecular weight excluding hydrogens is 250 g/mol. The van der Waals surface area contributed by atoms with E-state index in [4.69, 9.17) is 9.47 Å². The Bertz CT molecular complexity index is 789. The highest BCUT2D eigenvalue weighted by molar-refractivity contribution is 5.87. The van der Waals surface area contributed by atoms with Gasteiger partial charge in [-0.1, -0.05) is 18.2 Å². The lowest BCUT2D eigenvalue weighted by Gasteiger charge is -2.08. The molecule has 3 nitrogen and oxygen atoms in total. The predicted octanol–water partition coefficient (Wildman–Crippen LogP) is 4.06. The maximum Gasteiger partial charge on any atom is 0.231 e. The van der Waals surface area contributed by atoms with Crippen LogP contribution >= 0.6 is 0 Å². The van der Waals surface area contributed by atoms with Crippen LogP contribution in [0.5, 0.6) is 11.5 Å². The van der Waals surface area contributed by atoms with Crippen molar-refractivity contribution >= 4 is 10.9 Å². The summed E-state index contributed by atoms with van der Waals surface area (Å²) < 4.78 is 13.2. The molecule has 0 aliphatic carbocycles. The number of rotatable bonds is 2. The zero-order valence-corrected chi connectivity index (χ0v) is 11.3. The van der Waals surface area contributed by atoms with Crippen molar-refractivity contribution in [3.8, 4) is 22.8 Å². The van der Waals surface area contributed by atoms with Gasteiger partial charge < -0.3 is 14.0 Å². The Balaban J connectivity index is 1.93. The molecule has 0 saturated carbocycles. The van der Waals surface area contributed by atoms with Crippen molar-refractivity contribution in [2.24, 2.45) is 0 Å². The number of fused-ring (bicyclic) bond motifs is 2. The van der Waals surface area contributed by atoms with E-state index < -0.39 is 0 Å². The van der Waals surface area contributed by atoms with Gasteiger partial charge in [-0.05, 0) is 37.3 Å². The lowest BCUT2D eigenvalue weighted by Crippen LogP contribution is -1.96. The second-order valence-electron chi connectivity index (χ2n) is 4.90. The summed E-state index contributed by atoms with van der Waals surface area (Å²) >= 11 is 0. The fourth-order valence-corrected chi connectivity index (χ4v) is 2.85. The molecule has 2 heterocycles. The van der Waals surface area contributed by atoms with E-state index in [1.54, 1.807) is 0 Å². The van der Waals surface area contributed by atoms with E-state index >= 15 is 0 Å². The number of hydrogen-bond acceptors (Lipinski definition) is 2. The molecule has 0 unspecified atom stereocenters. The highest BCUT2D eigenvalue weighted by Crippen LogP contribution is 2.37. The Kier molecular flexibility index (Phi) is 2.46. The molecular formula is C17H15NO2. The van der Waals surface area contributed by atoms with Crippen LogP contribution in [0.1, 0.15) is 6.92 Å². The van der Waals surface area contributed by atoms with Crippen molar-refractivity contribution in [3.63, 3.8) is 0 Å². The third kappa shape index (κ3) is 1.59. The average Bonchev–Trinajstić information content (AvgIpc) is 3.10. The van der Waals surface area contributed by atoms with Crippen LogP contribution in [0.15, 0.2) is 48.5 Å². The number of hydrogen-bond donors (Lipinski definition) is 0. The molecule has 0 amide bonds. The van der Waals surface area contributed by atoms with Gasteiger partial charge in [-0.2, -0.15) is 0 Å². The number of aromatic nitrogens is 1. The Morgan fingerprint density at radius 2 is 1.85 bits per heavy atom. The number of ether oxygens (including phenoxy) is 2. The highest BCUT2D eigenvalue weighted by atomic mass is 16.7. The maximum atomic E-state index is 5.48. The van der Waals surface area contributed by atoms with Crippen molar-refractivity contribution in [2.45, 2.75) is 13.5 Å². The first-order valence-electron chi connectivity index (χ1n) is 6.85. The quantitative estimate of drug-likeness (QED) is 0.697. The van der Waals surface area contributed by atoms with Crippen molar-refractivity contribution in [1.82, 2.24) is 4.57 Å². The maximum absolute atomic E-state index is 5.48. The van der Waals surface area contributed by atoms with Gasteiger partial charge in [-0.3, -0.25) is 0 Å². The zero-order valence-electron chi connectivity index (χ0n) is 11.3. The molecule has 0 spiro atoms. The van der Waals surface area contributed by atoms with Crippen LogP contribution in [-0.4, -0.2) is 11.4 Å². The standard InChI is InChI=1S/C17H15NO2/c1-2-18-14-6-4-3-5-12(14)9-15(18)13-7-8-16-17(10-13)20-11-19-16/h3-10H,2,11H2,1H3. The second-order valence-corrected chi connectivity index (χ2v) is 4.90. The summed E-state index contributed by atoms with van der Waals surface area (Å²) in [4.78, 5) is 0. The second kappa shape index (κ2) is 4.30. The predicted molar refractivity (Wildman–Crippen MR) is 79.2 cm³/mol. The fraction of sp³-hybridized carbons (Fsp3) is 0.176. The zero-order chi connectivity index (χ0) is 13.5. The van der Waals surface area contributed by atoms with E-state index in [1.807, 2.05) is 6.07 Å². The third-order valence-electron chi connectivity index (χ3n) is 3.80. The Morgan fingerprint density at radius 1 is 1.00 bits per heavy atom. The summed E-state index contributed by atoms with van der Waals surface area (Å²) in [7, 11) is 0. The lowest BCUT2D eigenvalue weighted by molar-refractivity contribution is 0.174. The molecule has 0 atom stereocenters. The monoisotopic (exact) mass is 265 g/mol. The van der Waals surface area contributed by atoms with Gasteiger partial charge in [0.15, 0.2) is 11.5 Å². The van der Waals surface area contributed by atoms with Crippen molar-refractivity contribution in [1.29, 1.82) is 0 Å². The van der Waals surface area contributed by atoms with Crippen LogP contribution in [0, 0.1) is 0 Å². The minimum atomic E-state index is 0.315. The average molecular weight is 265 g/mol. The molecule has 1 aromatic heterocycles. The van der Waals surface area contributed by atoms with Gasteiger partial charge in [0, 0.05) is 28.7 Å². The highest BCUT2D eigenvalue weighted by Gasteiger charge is 2.16. The summed E-state index contributed by atoms with van der Waals surface area (Å²) in [5, 5.41) is 1.27. The topological polar surface area (TPSA) is 23.4 Å². The Hall–Kier alpha value is -2.42. The van der Waals surface area contributed by atoms with E-state index in [2.05, 4.69) is 54.0 Å². The smallest absolute Gasteiger partial charge is 0.231 e. The molecule has 100 valence electrons. The third-order valence-corrected chi connectivity index (χ3v) is 3.80. The van der Waals surface area contributed by atoms with E-state index in [-0.39, 0.29) is 0 Å². The van der Waals surface area contributed by atoms with Crippen molar-refractivity contribution < 1.29 is 9.47 Å². The van der Waals surface area contributed by atoms with Crippen molar-refractivity contribution in [3.05, 3.63) is 48.5 Å². The summed E-state index contributed by atoms with van der Waals surface area (Å²) in [5.41, 5.74) is 3.64. The first-order chi connectivity index (χ1) is 9.86. The van der Waals surface area contributed by atoms with Crippen LogP contribution in [0.25, 0.3) is 22.2 Å². The molecule has 0 radical (unpaired) electrons. The van der Waals surface area contributed by atoms with Gasteiger partial charge in [-0.15, -0.1) is 0 Å². The van der Waals surface area contributed by atoms with Gasteiger partial charge in [0.05, 0.1) is 0 Å². The molecule has 3 heteroatoms. The molecule has 0 N–H and O–H groups in total. The van der Waals surface area contributed by atoms with Crippen LogP contribution in [0.4, 0.5) is 0 Å². The van der Waals surface area contributed by atoms with Crippen LogP contribution in [-0.2, 0) is 6.54 Å². The van der Waals surface area contributed by atoms with Crippen LogP contribution in [0.2, 0.25) is 0 Å². The molecule has 0 saturated heterocycles. The van der Waals surface area contributed by atoms with Crippen molar-refractivity contribution in [2.75, 3.05) is 6.79 Å². The number of benzene rings is 2. The summed E-state index contributed by atoms with van der Waals surface area (Å²) in [6.07, 6.45) is 0. The molecule has 1 aliphatic rings. The summed E-state index contributed by atoms with van der Waals surface area (Å²) in [6, 6.07) is 16.8. The number of para-hydroxylation sites is 1. The first-order valence-corrected chi connectivity index (χ1v) is 6.85. The molecule has 0 bridgehead atoms. The molecule has 20 heavy (non-hydrogen) atoms. The van der Waals surface area contributed by atoms with E-state index in [0.29, 0.717) is 6.79 Å². The molecule has 1 aliphatic heterocycles. The minimum Gasteiger partial charge on any atom is -0.454 e. The number of aryl methyl sites for hydroxylation is 1. The SMILES string of the molecule is CCn1c(-c2ccc3c(c2)OCO3)cc2ccccc21. The molecule has 3 aromatic rings. The molecule has 0 fully saturated rings. The van der Waals surface area contributed by atoms with Gasteiger partial charge in [0.1, 0.15) is 0 Å². The normalized spacial score (nSPS) is 13.1. The Labute approximate surface area is 117 Å². The van der Waals surface area contributed by atoms with Crippen LogP contribution < -0.4 is 9.47 Å².